The molecule has 0 bridgehead atoms. The minimum atomic E-state index is -0.369. The van der Waals surface area contributed by atoms with Gasteiger partial charge in [0.15, 0.2) is 0 Å². The van der Waals surface area contributed by atoms with Crippen LogP contribution in [0.2, 0.25) is 0 Å². The monoisotopic (exact) mass is 253 g/mol. The fraction of sp³-hybridized carbons (Fsp3) is 0.786. The van der Waals surface area contributed by atoms with Gasteiger partial charge in [0.05, 0.1) is 18.3 Å². The van der Waals surface area contributed by atoms with Crippen molar-refractivity contribution in [3.8, 4) is 0 Å². The van der Waals surface area contributed by atoms with Crippen molar-refractivity contribution in [1.29, 1.82) is 0 Å². The van der Waals surface area contributed by atoms with Crippen LogP contribution >= 0.6 is 0 Å². The molecule has 102 valence electrons. The molecule has 4 heteroatoms. The lowest BCUT2D eigenvalue weighted by Crippen LogP contribution is -2.56. The Labute approximate surface area is 109 Å². The fourth-order valence-corrected chi connectivity index (χ4v) is 2.83. The smallest absolute Gasteiger partial charge is 0.226 e. The molecule has 1 amide bonds. The van der Waals surface area contributed by atoms with Crippen LogP contribution in [0, 0.1) is 5.92 Å². The lowest BCUT2D eigenvalue weighted by atomic mass is 9.92. The van der Waals surface area contributed by atoms with E-state index in [2.05, 4.69) is 12.2 Å². The Kier molecular flexibility index (Phi) is 4.07. The quantitative estimate of drug-likeness (QED) is 0.756. The summed E-state index contributed by atoms with van der Waals surface area (Å²) >= 11 is 0. The number of nitrogens with zero attached hydrogens (tertiary/aromatic N) is 1. The van der Waals surface area contributed by atoms with Gasteiger partial charge in [-0.1, -0.05) is 12.2 Å². The first-order valence-corrected chi connectivity index (χ1v) is 6.74. The Bertz CT molecular complexity index is 338. The molecule has 1 N–H and O–H groups in total. The third kappa shape index (κ3) is 3.12. The average Bonchev–Trinajstić information content (AvgIpc) is 2.37. The molecule has 4 nitrogen and oxygen atoms in total. The van der Waals surface area contributed by atoms with Crippen LogP contribution in [0.1, 0.15) is 33.1 Å². The summed E-state index contributed by atoms with van der Waals surface area (Å²) in [6.07, 6.45) is 6.77. The van der Waals surface area contributed by atoms with Crippen LogP contribution in [0.15, 0.2) is 12.2 Å². The number of aliphatic hydroxyl groups is 1. The molecule has 0 spiro atoms. The van der Waals surface area contributed by atoms with E-state index in [4.69, 9.17) is 4.74 Å². The summed E-state index contributed by atoms with van der Waals surface area (Å²) in [5, 5.41) is 9.26. The molecule has 1 aliphatic carbocycles. The van der Waals surface area contributed by atoms with E-state index in [1.807, 2.05) is 18.7 Å². The van der Waals surface area contributed by atoms with Crippen LogP contribution in [0.5, 0.6) is 0 Å². The number of carbonyl (C=O) groups is 1. The second-order valence-electron chi connectivity index (χ2n) is 5.88. The molecule has 1 fully saturated rings. The SMILES string of the molecule is CC1(C)CN(C(=O)C2CC=CCC2)CC(CO)O1. The minimum absolute atomic E-state index is 0.0300. The van der Waals surface area contributed by atoms with E-state index in [0.29, 0.717) is 13.1 Å². The maximum absolute atomic E-state index is 12.5. The minimum Gasteiger partial charge on any atom is -0.394 e. The third-order valence-electron chi connectivity index (χ3n) is 3.61. The van der Waals surface area contributed by atoms with E-state index in [1.54, 1.807) is 0 Å². The average molecular weight is 253 g/mol. The van der Waals surface area contributed by atoms with Crippen molar-refractivity contribution in [2.24, 2.45) is 5.92 Å². The van der Waals surface area contributed by atoms with Gasteiger partial charge in [0.2, 0.25) is 5.91 Å². The molecule has 2 aliphatic rings. The van der Waals surface area contributed by atoms with Gasteiger partial charge in [-0.25, -0.2) is 0 Å². The number of hydrogen-bond acceptors (Lipinski definition) is 3. The van der Waals surface area contributed by atoms with Crippen molar-refractivity contribution in [3.63, 3.8) is 0 Å². The topological polar surface area (TPSA) is 49.8 Å². The van der Waals surface area contributed by atoms with Gasteiger partial charge in [-0.2, -0.15) is 0 Å². The van der Waals surface area contributed by atoms with Crippen LogP contribution < -0.4 is 0 Å². The van der Waals surface area contributed by atoms with Crippen molar-refractivity contribution in [1.82, 2.24) is 4.90 Å². The van der Waals surface area contributed by atoms with Crippen LogP contribution in [-0.4, -0.2) is 47.3 Å². The van der Waals surface area contributed by atoms with Gasteiger partial charge in [-0.3, -0.25) is 4.79 Å². The molecule has 0 saturated carbocycles. The van der Waals surface area contributed by atoms with E-state index in [0.717, 1.165) is 19.3 Å². The third-order valence-corrected chi connectivity index (χ3v) is 3.61. The highest BCUT2D eigenvalue weighted by molar-refractivity contribution is 5.79. The van der Waals surface area contributed by atoms with E-state index in [9.17, 15) is 9.90 Å². The summed E-state index contributed by atoms with van der Waals surface area (Å²) in [4.78, 5) is 14.3. The Hall–Kier alpha value is -0.870. The van der Waals surface area contributed by atoms with Gasteiger partial charge in [0, 0.05) is 19.0 Å². The van der Waals surface area contributed by atoms with E-state index in [1.165, 1.54) is 0 Å². The zero-order valence-corrected chi connectivity index (χ0v) is 11.3. The molecule has 1 aliphatic heterocycles. The largest absolute Gasteiger partial charge is 0.394 e. The molecular weight excluding hydrogens is 230 g/mol. The molecule has 0 radical (unpaired) electrons. The van der Waals surface area contributed by atoms with Gasteiger partial charge in [0.25, 0.3) is 0 Å². The molecule has 2 atom stereocenters. The number of carbonyl (C=O) groups excluding carboxylic acids is 1. The summed E-state index contributed by atoms with van der Waals surface area (Å²) in [5.41, 5.74) is -0.369. The normalized spacial score (nSPS) is 31.4. The molecule has 1 saturated heterocycles. The lowest BCUT2D eigenvalue weighted by molar-refractivity contribution is -0.170. The molecule has 0 aromatic heterocycles. The van der Waals surface area contributed by atoms with E-state index in [-0.39, 0.29) is 30.1 Å². The number of morpholine rings is 1. The van der Waals surface area contributed by atoms with Gasteiger partial charge in [-0.05, 0) is 33.1 Å². The number of hydrogen-bond donors (Lipinski definition) is 1. The summed E-state index contributed by atoms with van der Waals surface area (Å²) in [6.45, 7) is 5.03. The van der Waals surface area contributed by atoms with Gasteiger partial charge in [-0.15, -0.1) is 0 Å². The maximum Gasteiger partial charge on any atom is 0.226 e. The Morgan fingerprint density at radius 3 is 2.89 bits per heavy atom. The Balaban J connectivity index is 2.02. The first kappa shape index (κ1) is 13.6. The lowest BCUT2D eigenvalue weighted by Gasteiger charge is -2.43. The van der Waals surface area contributed by atoms with Gasteiger partial charge in [0.1, 0.15) is 0 Å². The molecule has 0 aromatic carbocycles. The van der Waals surface area contributed by atoms with Gasteiger partial charge >= 0.3 is 0 Å². The second kappa shape index (κ2) is 5.41. The highest BCUT2D eigenvalue weighted by atomic mass is 16.5. The Morgan fingerprint density at radius 1 is 1.50 bits per heavy atom. The summed E-state index contributed by atoms with van der Waals surface area (Å²) in [6, 6.07) is 0. The zero-order chi connectivity index (χ0) is 13.2. The van der Waals surface area contributed by atoms with Crippen molar-refractivity contribution in [3.05, 3.63) is 12.2 Å². The fourth-order valence-electron chi connectivity index (χ4n) is 2.83. The van der Waals surface area contributed by atoms with Crippen LogP contribution in [0.25, 0.3) is 0 Å². The molecule has 1 heterocycles. The predicted octanol–water partition coefficient (Wildman–Crippen LogP) is 1.34. The first-order chi connectivity index (χ1) is 8.52. The molecular formula is C14H23NO3. The van der Waals surface area contributed by atoms with Crippen molar-refractivity contribution in [2.75, 3.05) is 19.7 Å². The summed E-state index contributed by atoms with van der Waals surface area (Å²) in [5.74, 6) is 0.331. The highest BCUT2D eigenvalue weighted by Gasteiger charge is 2.37. The number of aliphatic hydroxyl groups excluding tert-OH is 1. The molecule has 2 rings (SSSR count). The van der Waals surface area contributed by atoms with E-state index < -0.39 is 0 Å². The van der Waals surface area contributed by atoms with Crippen molar-refractivity contribution < 1.29 is 14.6 Å². The van der Waals surface area contributed by atoms with Crippen LogP contribution in [-0.2, 0) is 9.53 Å². The predicted molar refractivity (Wildman–Crippen MR) is 69.1 cm³/mol. The number of rotatable bonds is 2. The molecule has 2 unspecified atom stereocenters. The van der Waals surface area contributed by atoms with Crippen molar-refractivity contribution >= 4 is 5.91 Å². The Morgan fingerprint density at radius 2 is 2.28 bits per heavy atom. The van der Waals surface area contributed by atoms with Crippen LogP contribution in [0.3, 0.4) is 0 Å². The van der Waals surface area contributed by atoms with E-state index >= 15 is 0 Å². The number of ether oxygens (including phenoxy) is 1. The standard InChI is InChI=1S/C14H23NO3/c1-14(2)10-15(8-12(9-16)18-14)13(17)11-6-4-3-5-7-11/h3-4,11-12,16H,5-10H2,1-2H3. The zero-order valence-electron chi connectivity index (χ0n) is 11.3. The summed E-state index contributed by atoms with van der Waals surface area (Å²) in [7, 11) is 0. The molecule has 18 heavy (non-hydrogen) atoms. The summed E-state index contributed by atoms with van der Waals surface area (Å²) < 4.78 is 5.73. The van der Waals surface area contributed by atoms with Crippen LogP contribution in [0.4, 0.5) is 0 Å². The first-order valence-electron chi connectivity index (χ1n) is 6.74. The molecule has 0 aromatic rings. The number of allylic oxidation sites excluding steroid dienone is 2. The second-order valence-corrected chi connectivity index (χ2v) is 5.88. The highest BCUT2D eigenvalue weighted by Crippen LogP contribution is 2.26. The number of amides is 1. The maximum atomic E-state index is 12.5. The van der Waals surface area contributed by atoms with Gasteiger partial charge < -0.3 is 14.7 Å². The van der Waals surface area contributed by atoms with Crippen molar-refractivity contribution in [2.45, 2.75) is 44.8 Å².